The Morgan fingerprint density at radius 1 is 1.00 bits per heavy atom. The van der Waals surface area contributed by atoms with Crippen LogP contribution in [0.5, 0.6) is 5.75 Å². The van der Waals surface area contributed by atoms with Gasteiger partial charge in [0.1, 0.15) is 23.6 Å². The second kappa shape index (κ2) is 8.52. The Morgan fingerprint density at radius 3 is 2.43 bits per heavy atom. The zero-order chi connectivity index (χ0) is 20.9. The number of benzene rings is 2. The van der Waals surface area contributed by atoms with Crippen LogP contribution in [0.15, 0.2) is 67.0 Å². The van der Waals surface area contributed by atoms with Crippen LogP contribution in [0, 0.1) is 5.82 Å². The van der Waals surface area contributed by atoms with Crippen molar-refractivity contribution in [2.45, 2.75) is 6.54 Å². The van der Waals surface area contributed by atoms with Gasteiger partial charge in [0, 0.05) is 11.1 Å². The number of amides is 1. The van der Waals surface area contributed by atoms with E-state index in [1.54, 1.807) is 25.3 Å². The normalized spacial score (nSPS) is 10.6. The molecule has 8 heteroatoms. The molecule has 2 aromatic heterocycles. The number of carbonyl (C=O) groups is 1. The van der Waals surface area contributed by atoms with E-state index in [0.717, 1.165) is 17.0 Å². The third-order valence-corrected chi connectivity index (χ3v) is 4.50. The molecule has 0 fully saturated rings. The zero-order valence-electron chi connectivity index (χ0n) is 16.1. The van der Waals surface area contributed by atoms with Crippen LogP contribution in [0.3, 0.4) is 0 Å². The van der Waals surface area contributed by atoms with Crippen LogP contribution in [-0.4, -0.2) is 33.2 Å². The van der Waals surface area contributed by atoms with Gasteiger partial charge in [0.15, 0.2) is 0 Å². The molecule has 0 aliphatic rings. The SMILES string of the molecule is COc1ccc(-c2cc(CNC(=O)c3cc(-c4ccc(F)cc4)n[nH]3)ncn2)cc1. The van der Waals surface area contributed by atoms with Crippen molar-refractivity contribution in [2.24, 2.45) is 0 Å². The van der Waals surface area contributed by atoms with Crippen LogP contribution in [0.4, 0.5) is 4.39 Å². The Morgan fingerprint density at radius 2 is 1.70 bits per heavy atom. The highest BCUT2D eigenvalue weighted by atomic mass is 19.1. The molecule has 4 aromatic rings. The molecule has 150 valence electrons. The lowest BCUT2D eigenvalue weighted by atomic mass is 10.1. The number of aromatic amines is 1. The summed E-state index contributed by atoms with van der Waals surface area (Å²) in [5, 5.41) is 9.62. The lowest BCUT2D eigenvalue weighted by Gasteiger charge is -2.06. The number of carbonyl (C=O) groups excluding carboxylic acids is 1. The number of aromatic nitrogens is 4. The number of hydrogen-bond acceptors (Lipinski definition) is 5. The average molecular weight is 403 g/mol. The van der Waals surface area contributed by atoms with Gasteiger partial charge in [-0.05, 0) is 60.7 Å². The van der Waals surface area contributed by atoms with Gasteiger partial charge in [-0.15, -0.1) is 0 Å². The molecule has 2 aromatic carbocycles. The third kappa shape index (κ3) is 4.33. The number of ether oxygens (including phenoxy) is 1. The van der Waals surface area contributed by atoms with Gasteiger partial charge in [-0.2, -0.15) is 5.10 Å². The standard InChI is InChI=1S/C22H18FN5O2/c1-30-18-8-4-14(5-9-18)19-10-17(25-13-26-19)12-24-22(29)21-11-20(27-28-21)15-2-6-16(23)7-3-15/h2-11,13H,12H2,1H3,(H,24,29)(H,27,28). The monoisotopic (exact) mass is 403 g/mol. The molecule has 0 radical (unpaired) electrons. The Labute approximate surface area is 172 Å². The summed E-state index contributed by atoms with van der Waals surface area (Å²) in [6.07, 6.45) is 1.46. The van der Waals surface area contributed by atoms with Crippen molar-refractivity contribution >= 4 is 5.91 Å². The molecule has 2 heterocycles. The molecule has 4 rings (SSSR count). The van der Waals surface area contributed by atoms with E-state index in [-0.39, 0.29) is 18.3 Å². The molecule has 2 N–H and O–H groups in total. The fourth-order valence-electron chi connectivity index (χ4n) is 2.89. The first kappa shape index (κ1) is 19.3. The lowest BCUT2D eigenvalue weighted by Crippen LogP contribution is -2.23. The van der Waals surface area contributed by atoms with E-state index in [1.165, 1.54) is 18.5 Å². The number of nitrogens with one attached hydrogen (secondary N) is 2. The summed E-state index contributed by atoms with van der Waals surface area (Å²) in [7, 11) is 1.61. The number of rotatable bonds is 6. The van der Waals surface area contributed by atoms with E-state index in [1.807, 2.05) is 30.3 Å². The van der Waals surface area contributed by atoms with Crippen molar-refractivity contribution in [2.75, 3.05) is 7.11 Å². The molecule has 0 aliphatic heterocycles. The van der Waals surface area contributed by atoms with Gasteiger partial charge in [-0.25, -0.2) is 14.4 Å². The highest BCUT2D eigenvalue weighted by Crippen LogP contribution is 2.21. The molecule has 30 heavy (non-hydrogen) atoms. The van der Waals surface area contributed by atoms with Gasteiger partial charge in [0.2, 0.25) is 0 Å². The molecule has 7 nitrogen and oxygen atoms in total. The second-order valence-corrected chi connectivity index (χ2v) is 6.48. The Hall–Kier alpha value is -4.07. The molecule has 0 atom stereocenters. The van der Waals surface area contributed by atoms with Crippen molar-refractivity contribution in [3.63, 3.8) is 0 Å². The number of nitrogens with zero attached hydrogens (tertiary/aromatic N) is 3. The first-order chi connectivity index (χ1) is 14.6. The summed E-state index contributed by atoms with van der Waals surface area (Å²) in [5.74, 6) is 0.117. The molecule has 0 spiro atoms. The van der Waals surface area contributed by atoms with Crippen molar-refractivity contribution in [1.82, 2.24) is 25.5 Å². The largest absolute Gasteiger partial charge is 0.497 e. The number of hydrogen-bond donors (Lipinski definition) is 2. The Bertz CT molecular complexity index is 1160. The predicted molar refractivity (Wildman–Crippen MR) is 109 cm³/mol. The first-order valence-corrected chi connectivity index (χ1v) is 9.17. The summed E-state index contributed by atoms with van der Waals surface area (Å²) >= 11 is 0. The van der Waals surface area contributed by atoms with E-state index < -0.39 is 0 Å². The van der Waals surface area contributed by atoms with E-state index in [0.29, 0.717) is 22.6 Å². The van der Waals surface area contributed by atoms with Crippen LogP contribution in [0.25, 0.3) is 22.5 Å². The number of H-pyrrole nitrogens is 1. The van der Waals surface area contributed by atoms with Crippen molar-refractivity contribution in [3.8, 4) is 28.3 Å². The minimum absolute atomic E-state index is 0.232. The van der Waals surface area contributed by atoms with Crippen LogP contribution < -0.4 is 10.1 Å². The fraction of sp³-hybridized carbons (Fsp3) is 0.0909. The van der Waals surface area contributed by atoms with E-state index in [4.69, 9.17) is 4.74 Å². The molecule has 0 saturated carbocycles. The highest BCUT2D eigenvalue weighted by molar-refractivity contribution is 5.93. The van der Waals surface area contributed by atoms with Crippen LogP contribution in [0.1, 0.15) is 16.2 Å². The molecule has 0 unspecified atom stereocenters. The molecular weight excluding hydrogens is 385 g/mol. The van der Waals surface area contributed by atoms with Crippen molar-refractivity contribution in [1.29, 1.82) is 0 Å². The molecule has 0 aliphatic carbocycles. The average Bonchev–Trinajstić information content (AvgIpc) is 3.29. The molecular formula is C22H18FN5O2. The van der Waals surface area contributed by atoms with Crippen LogP contribution in [-0.2, 0) is 6.54 Å². The summed E-state index contributed by atoms with van der Waals surface area (Å²) < 4.78 is 18.2. The summed E-state index contributed by atoms with van der Waals surface area (Å²) in [6.45, 7) is 0.232. The van der Waals surface area contributed by atoms with Gasteiger partial charge in [-0.1, -0.05) is 0 Å². The van der Waals surface area contributed by atoms with Gasteiger partial charge < -0.3 is 10.1 Å². The lowest BCUT2D eigenvalue weighted by molar-refractivity contribution is 0.0945. The summed E-state index contributed by atoms with van der Waals surface area (Å²) in [4.78, 5) is 20.9. The van der Waals surface area contributed by atoms with Gasteiger partial charge >= 0.3 is 0 Å². The minimum Gasteiger partial charge on any atom is -0.497 e. The van der Waals surface area contributed by atoms with Gasteiger partial charge in [0.05, 0.1) is 30.7 Å². The van der Waals surface area contributed by atoms with Crippen molar-refractivity contribution < 1.29 is 13.9 Å². The smallest absolute Gasteiger partial charge is 0.269 e. The minimum atomic E-state index is -0.328. The predicted octanol–water partition coefficient (Wildman–Crippen LogP) is 3.61. The summed E-state index contributed by atoms with van der Waals surface area (Å²) in [6, 6.07) is 16.9. The highest BCUT2D eigenvalue weighted by Gasteiger charge is 2.12. The van der Waals surface area contributed by atoms with Crippen LogP contribution in [0.2, 0.25) is 0 Å². The summed E-state index contributed by atoms with van der Waals surface area (Å²) in [5.41, 5.74) is 3.91. The number of methoxy groups -OCH3 is 1. The molecule has 0 bridgehead atoms. The Balaban J connectivity index is 1.42. The second-order valence-electron chi connectivity index (χ2n) is 6.48. The fourth-order valence-corrected chi connectivity index (χ4v) is 2.89. The number of halogens is 1. The maximum absolute atomic E-state index is 13.1. The topological polar surface area (TPSA) is 92.8 Å². The maximum atomic E-state index is 13.1. The Kier molecular flexibility index (Phi) is 5.47. The quantitative estimate of drug-likeness (QED) is 0.513. The zero-order valence-corrected chi connectivity index (χ0v) is 16.1. The van der Waals surface area contributed by atoms with Crippen molar-refractivity contribution in [3.05, 3.63) is 84.2 Å². The van der Waals surface area contributed by atoms with Crippen LogP contribution >= 0.6 is 0 Å². The molecule has 1 amide bonds. The van der Waals surface area contributed by atoms with E-state index >= 15 is 0 Å². The first-order valence-electron chi connectivity index (χ1n) is 9.17. The van der Waals surface area contributed by atoms with Gasteiger partial charge in [-0.3, -0.25) is 9.89 Å². The maximum Gasteiger partial charge on any atom is 0.269 e. The van der Waals surface area contributed by atoms with E-state index in [2.05, 4.69) is 25.5 Å². The molecule has 0 saturated heterocycles. The van der Waals surface area contributed by atoms with E-state index in [9.17, 15) is 9.18 Å². The third-order valence-electron chi connectivity index (χ3n) is 4.50. The van der Waals surface area contributed by atoms with Gasteiger partial charge in [0.25, 0.3) is 5.91 Å².